The van der Waals surface area contributed by atoms with E-state index >= 15 is 0 Å². The van der Waals surface area contributed by atoms with E-state index in [9.17, 15) is 0 Å². The highest BCUT2D eigenvalue weighted by Gasteiger charge is 2.11. The summed E-state index contributed by atoms with van der Waals surface area (Å²) in [5, 5.41) is 17.8. The number of nitrogen functional groups attached to an aromatic ring is 1. The van der Waals surface area contributed by atoms with E-state index in [1.165, 1.54) is 6.07 Å². The second kappa shape index (κ2) is 5.07. The Bertz CT molecular complexity index is 710. The Balaban J connectivity index is 2.41. The first-order chi connectivity index (χ1) is 9.15. The number of nitrogens with two attached hydrogens (primary N) is 1. The monoisotopic (exact) mass is 250 g/mol. The van der Waals surface area contributed by atoms with Crippen LogP contribution in [0.15, 0.2) is 30.5 Å². The van der Waals surface area contributed by atoms with Gasteiger partial charge < -0.3 is 10.5 Å². The van der Waals surface area contributed by atoms with Gasteiger partial charge in [0, 0.05) is 6.20 Å². The molecule has 2 aromatic rings. The van der Waals surface area contributed by atoms with Crippen molar-refractivity contribution >= 4 is 5.69 Å². The van der Waals surface area contributed by atoms with Crippen LogP contribution in [-0.4, -0.2) is 4.98 Å². The van der Waals surface area contributed by atoms with Gasteiger partial charge in [-0.1, -0.05) is 0 Å². The van der Waals surface area contributed by atoms with Gasteiger partial charge in [-0.25, -0.2) is 4.98 Å². The minimum absolute atomic E-state index is 0.207. The molecule has 92 valence electrons. The predicted molar refractivity (Wildman–Crippen MR) is 69.3 cm³/mol. The Morgan fingerprint density at radius 1 is 1.21 bits per heavy atom. The second-order valence-electron chi connectivity index (χ2n) is 3.89. The molecule has 0 unspecified atom stereocenters. The van der Waals surface area contributed by atoms with Gasteiger partial charge in [-0.2, -0.15) is 10.5 Å². The molecule has 0 aliphatic carbocycles. The first-order valence-electron chi connectivity index (χ1n) is 5.49. The van der Waals surface area contributed by atoms with Gasteiger partial charge in [0.25, 0.3) is 0 Å². The van der Waals surface area contributed by atoms with Crippen molar-refractivity contribution in [2.24, 2.45) is 0 Å². The number of ether oxygens (including phenoxy) is 1. The Morgan fingerprint density at radius 2 is 2.00 bits per heavy atom. The molecule has 0 amide bonds. The molecule has 0 radical (unpaired) electrons. The van der Waals surface area contributed by atoms with Gasteiger partial charge in [-0.15, -0.1) is 0 Å². The zero-order chi connectivity index (χ0) is 13.8. The maximum absolute atomic E-state index is 9.08. The maximum Gasteiger partial charge on any atom is 0.237 e. The van der Waals surface area contributed by atoms with Crippen LogP contribution in [0.3, 0.4) is 0 Å². The predicted octanol–water partition coefficient (Wildman–Crippen LogP) is 2.51. The molecule has 1 aromatic heterocycles. The number of pyridine rings is 1. The Labute approximate surface area is 110 Å². The lowest BCUT2D eigenvalue weighted by atomic mass is 10.1. The average molecular weight is 250 g/mol. The molecule has 0 fully saturated rings. The van der Waals surface area contributed by atoms with Crippen molar-refractivity contribution in [1.82, 2.24) is 4.98 Å². The molecule has 0 spiro atoms. The molecule has 0 aliphatic rings. The van der Waals surface area contributed by atoms with Gasteiger partial charge in [-0.05, 0) is 36.8 Å². The summed E-state index contributed by atoms with van der Waals surface area (Å²) in [4.78, 5) is 4.02. The summed E-state index contributed by atoms with van der Waals surface area (Å²) in [6.07, 6.45) is 1.56. The van der Waals surface area contributed by atoms with Gasteiger partial charge in [0.15, 0.2) is 5.75 Å². The molecule has 5 heteroatoms. The Kier molecular flexibility index (Phi) is 3.31. The highest BCUT2D eigenvalue weighted by Crippen LogP contribution is 2.29. The fourth-order valence-electron chi connectivity index (χ4n) is 1.56. The van der Waals surface area contributed by atoms with Gasteiger partial charge >= 0.3 is 0 Å². The smallest absolute Gasteiger partial charge is 0.237 e. The topological polar surface area (TPSA) is 95.7 Å². The minimum atomic E-state index is 0.207. The molecule has 1 aromatic carbocycles. The number of benzene rings is 1. The molecule has 0 saturated carbocycles. The van der Waals surface area contributed by atoms with Crippen molar-refractivity contribution in [2.75, 3.05) is 5.73 Å². The molecule has 19 heavy (non-hydrogen) atoms. The van der Waals surface area contributed by atoms with E-state index < -0.39 is 0 Å². The highest BCUT2D eigenvalue weighted by molar-refractivity contribution is 5.58. The number of aryl methyl sites for hydroxylation is 1. The van der Waals surface area contributed by atoms with E-state index in [1.54, 1.807) is 31.3 Å². The minimum Gasteiger partial charge on any atom is -0.436 e. The molecule has 2 rings (SSSR count). The van der Waals surface area contributed by atoms with E-state index in [1.807, 2.05) is 12.1 Å². The van der Waals surface area contributed by atoms with Crippen LogP contribution in [0.4, 0.5) is 5.69 Å². The zero-order valence-corrected chi connectivity index (χ0v) is 10.2. The van der Waals surface area contributed by atoms with Crippen LogP contribution in [-0.2, 0) is 0 Å². The standard InChI is InChI=1S/C14H10N4O/c1-9-4-5-18-14(11(9)8-16)19-13-3-2-10(7-15)6-12(13)17/h2-6H,17H2,1H3. The lowest BCUT2D eigenvalue weighted by Gasteiger charge is -2.09. The van der Waals surface area contributed by atoms with Crippen molar-refractivity contribution in [3.05, 3.63) is 47.2 Å². The van der Waals surface area contributed by atoms with Crippen LogP contribution < -0.4 is 10.5 Å². The quantitative estimate of drug-likeness (QED) is 0.826. The van der Waals surface area contributed by atoms with Gasteiger partial charge in [-0.3, -0.25) is 0 Å². The third-order valence-electron chi connectivity index (χ3n) is 2.58. The van der Waals surface area contributed by atoms with Crippen LogP contribution in [0.25, 0.3) is 0 Å². The number of hydrogen-bond donors (Lipinski definition) is 1. The highest BCUT2D eigenvalue weighted by atomic mass is 16.5. The number of nitriles is 2. The molecule has 0 saturated heterocycles. The summed E-state index contributed by atoms with van der Waals surface area (Å²) in [5.41, 5.74) is 7.70. The van der Waals surface area contributed by atoms with Gasteiger partial charge in [0.2, 0.25) is 5.88 Å². The molecular weight excluding hydrogens is 240 g/mol. The summed E-state index contributed by atoms with van der Waals surface area (Å²) in [7, 11) is 0. The van der Waals surface area contributed by atoms with Crippen LogP contribution >= 0.6 is 0 Å². The van der Waals surface area contributed by atoms with E-state index in [4.69, 9.17) is 21.0 Å². The van der Waals surface area contributed by atoms with Gasteiger partial charge in [0.1, 0.15) is 11.6 Å². The first-order valence-corrected chi connectivity index (χ1v) is 5.49. The normalized spacial score (nSPS) is 9.42. The number of hydrogen-bond acceptors (Lipinski definition) is 5. The molecule has 0 bridgehead atoms. The fraction of sp³-hybridized carbons (Fsp3) is 0.0714. The van der Waals surface area contributed by atoms with E-state index in [0.29, 0.717) is 22.6 Å². The summed E-state index contributed by atoms with van der Waals surface area (Å²) in [6.45, 7) is 1.80. The van der Waals surface area contributed by atoms with Crippen LogP contribution in [0.2, 0.25) is 0 Å². The molecule has 0 aliphatic heterocycles. The van der Waals surface area contributed by atoms with Crippen molar-refractivity contribution in [3.63, 3.8) is 0 Å². The fourth-order valence-corrected chi connectivity index (χ4v) is 1.56. The average Bonchev–Trinajstić information content (AvgIpc) is 2.41. The van der Waals surface area contributed by atoms with Crippen molar-refractivity contribution in [2.45, 2.75) is 6.92 Å². The first kappa shape index (κ1) is 12.4. The van der Waals surface area contributed by atoms with Crippen LogP contribution in [0.5, 0.6) is 11.6 Å². The molecule has 5 nitrogen and oxygen atoms in total. The lowest BCUT2D eigenvalue weighted by molar-refractivity contribution is 0.463. The summed E-state index contributed by atoms with van der Waals surface area (Å²) in [5.74, 6) is 0.576. The third kappa shape index (κ3) is 2.46. The van der Waals surface area contributed by atoms with Crippen molar-refractivity contribution in [3.8, 4) is 23.8 Å². The van der Waals surface area contributed by atoms with Gasteiger partial charge in [0.05, 0.1) is 17.3 Å². The number of rotatable bonds is 2. The molecule has 2 N–H and O–H groups in total. The van der Waals surface area contributed by atoms with Crippen LogP contribution in [0.1, 0.15) is 16.7 Å². The SMILES string of the molecule is Cc1ccnc(Oc2ccc(C#N)cc2N)c1C#N. The Morgan fingerprint density at radius 3 is 2.63 bits per heavy atom. The molecule has 0 atom stereocenters. The lowest BCUT2D eigenvalue weighted by Crippen LogP contribution is -1.97. The maximum atomic E-state index is 9.08. The second-order valence-corrected chi connectivity index (χ2v) is 3.89. The summed E-state index contributed by atoms with van der Waals surface area (Å²) < 4.78 is 5.54. The van der Waals surface area contributed by atoms with E-state index in [-0.39, 0.29) is 5.88 Å². The summed E-state index contributed by atoms with van der Waals surface area (Å²) in [6, 6.07) is 10.4. The van der Waals surface area contributed by atoms with Crippen LogP contribution in [0, 0.1) is 29.6 Å². The third-order valence-corrected chi connectivity index (χ3v) is 2.58. The largest absolute Gasteiger partial charge is 0.436 e. The van der Waals surface area contributed by atoms with Crippen molar-refractivity contribution < 1.29 is 4.74 Å². The van der Waals surface area contributed by atoms with Crippen molar-refractivity contribution in [1.29, 1.82) is 10.5 Å². The number of aromatic nitrogens is 1. The molecular formula is C14H10N4O. The number of anilines is 1. The van der Waals surface area contributed by atoms with E-state index in [2.05, 4.69) is 4.98 Å². The Hall–Kier alpha value is -3.05. The molecule has 1 heterocycles. The summed E-state index contributed by atoms with van der Waals surface area (Å²) >= 11 is 0. The zero-order valence-electron chi connectivity index (χ0n) is 10.2. The number of nitrogens with zero attached hydrogens (tertiary/aromatic N) is 3. The van der Waals surface area contributed by atoms with E-state index in [0.717, 1.165) is 5.56 Å².